The largest absolute Gasteiger partial charge is 0.356 e. The SMILES string of the molecule is CCCCCCCCCC(=O)NCC1(CCBr)CC1. The van der Waals surface area contributed by atoms with Gasteiger partial charge in [-0.3, -0.25) is 4.79 Å². The van der Waals surface area contributed by atoms with Crippen molar-refractivity contribution in [2.24, 2.45) is 5.41 Å². The summed E-state index contributed by atoms with van der Waals surface area (Å²) < 4.78 is 0. The lowest BCUT2D eigenvalue weighted by Gasteiger charge is -2.14. The molecule has 19 heavy (non-hydrogen) atoms. The molecular weight excluding hydrogens is 302 g/mol. The zero-order chi connectivity index (χ0) is 14.0. The first-order valence-corrected chi connectivity index (χ1v) is 9.17. The summed E-state index contributed by atoms with van der Waals surface area (Å²) in [4.78, 5) is 11.7. The van der Waals surface area contributed by atoms with Crippen molar-refractivity contribution in [2.45, 2.75) is 77.6 Å². The highest BCUT2D eigenvalue weighted by Gasteiger charge is 2.41. The van der Waals surface area contributed by atoms with Crippen molar-refractivity contribution in [3.63, 3.8) is 0 Å². The molecular formula is C16H30BrNO. The normalized spacial score (nSPS) is 16.3. The smallest absolute Gasteiger partial charge is 0.220 e. The molecule has 0 bridgehead atoms. The van der Waals surface area contributed by atoms with Crippen LogP contribution in [0.3, 0.4) is 0 Å². The fourth-order valence-electron chi connectivity index (χ4n) is 2.51. The molecule has 1 rings (SSSR count). The molecule has 0 atom stereocenters. The molecule has 1 aliphatic rings. The monoisotopic (exact) mass is 331 g/mol. The molecule has 2 nitrogen and oxygen atoms in total. The Morgan fingerprint density at radius 2 is 1.74 bits per heavy atom. The molecule has 0 unspecified atom stereocenters. The number of alkyl halides is 1. The van der Waals surface area contributed by atoms with Gasteiger partial charge in [-0.2, -0.15) is 0 Å². The van der Waals surface area contributed by atoms with Crippen LogP contribution in [0.1, 0.15) is 77.6 Å². The number of nitrogens with one attached hydrogen (secondary N) is 1. The van der Waals surface area contributed by atoms with E-state index in [1.54, 1.807) is 0 Å². The van der Waals surface area contributed by atoms with Gasteiger partial charge >= 0.3 is 0 Å². The summed E-state index contributed by atoms with van der Waals surface area (Å²) in [7, 11) is 0. The summed E-state index contributed by atoms with van der Waals surface area (Å²) >= 11 is 3.50. The van der Waals surface area contributed by atoms with Crippen molar-refractivity contribution in [1.29, 1.82) is 0 Å². The van der Waals surface area contributed by atoms with Gasteiger partial charge in [0.2, 0.25) is 5.91 Å². The van der Waals surface area contributed by atoms with Crippen LogP contribution in [-0.4, -0.2) is 17.8 Å². The Kier molecular flexibility index (Phi) is 8.76. The summed E-state index contributed by atoms with van der Waals surface area (Å²) in [6.07, 6.45) is 13.4. The van der Waals surface area contributed by atoms with E-state index in [0.717, 1.165) is 24.7 Å². The Bertz CT molecular complexity index is 251. The molecule has 1 saturated carbocycles. The van der Waals surface area contributed by atoms with E-state index < -0.39 is 0 Å². The Labute approximate surface area is 127 Å². The van der Waals surface area contributed by atoms with Gasteiger partial charge in [0.15, 0.2) is 0 Å². The van der Waals surface area contributed by atoms with Crippen molar-refractivity contribution in [2.75, 3.05) is 11.9 Å². The average Bonchev–Trinajstić information content (AvgIpc) is 3.16. The predicted molar refractivity (Wildman–Crippen MR) is 85.7 cm³/mol. The minimum Gasteiger partial charge on any atom is -0.356 e. The van der Waals surface area contributed by atoms with E-state index in [9.17, 15) is 4.79 Å². The summed E-state index contributed by atoms with van der Waals surface area (Å²) in [6.45, 7) is 3.14. The summed E-state index contributed by atoms with van der Waals surface area (Å²) in [5.74, 6) is 0.259. The number of carbonyl (C=O) groups excluding carboxylic acids is 1. The number of hydrogen-bond acceptors (Lipinski definition) is 1. The molecule has 1 amide bonds. The number of unbranched alkanes of at least 4 members (excludes halogenated alkanes) is 6. The summed E-state index contributed by atoms with van der Waals surface area (Å²) in [6, 6.07) is 0. The lowest BCUT2D eigenvalue weighted by molar-refractivity contribution is -0.121. The van der Waals surface area contributed by atoms with Gasteiger partial charge in [0.05, 0.1) is 0 Å². The molecule has 1 aliphatic carbocycles. The maximum Gasteiger partial charge on any atom is 0.220 e. The Hall–Kier alpha value is -0.0500. The highest BCUT2D eigenvalue weighted by Crippen LogP contribution is 2.48. The van der Waals surface area contributed by atoms with Gasteiger partial charge in [-0.1, -0.05) is 61.4 Å². The third kappa shape index (κ3) is 7.96. The third-order valence-electron chi connectivity index (χ3n) is 4.25. The third-order valence-corrected chi connectivity index (χ3v) is 4.65. The van der Waals surface area contributed by atoms with Gasteiger partial charge in [-0.05, 0) is 31.1 Å². The minimum atomic E-state index is 0.259. The van der Waals surface area contributed by atoms with Crippen LogP contribution in [-0.2, 0) is 4.79 Å². The van der Waals surface area contributed by atoms with Crippen LogP contribution in [0.2, 0.25) is 0 Å². The second kappa shape index (κ2) is 9.79. The Morgan fingerprint density at radius 1 is 1.11 bits per heavy atom. The highest BCUT2D eigenvalue weighted by atomic mass is 79.9. The molecule has 0 heterocycles. The number of hydrogen-bond donors (Lipinski definition) is 1. The first-order chi connectivity index (χ1) is 9.22. The molecule has 0 radical (unpaired) electrons. The molecule has 0 spiro atoms. The van der Waals surface area contributed by atoms with Crippen molar-refractivity contribution >= 4 is 21.8 Å². The lowest BCUT2D eigenvalue weighted by Crippen LogP contribution is -2.30. The molecule has 1 fully saturated rings. The minimum absolute atomic E-state index is 0.259. The van der Waals surface area contributed by atoms with Crippen LogP contribution in [0.15, 0.2) is 0 Å². The first-order valence-electron chi connectivity index (χ1n) is 8.05. The van der Waals surface area contributed by atoms with E-state index >= 15 is 0 Å². The van der Waals surface area contributed by atoms with Crippen LogP contribution < -0.4 is 5.32 Å². The fourth-order valence-corrected chi connectivity index (χ4v) is 3.35. The van der Waals surface area contributed by atoms with Crippen LogP contribution in [0.25, 0.3) is 0 Å². The molecule has 1 N–H and O–H groups in total. The first kappa shape index (κ1) is 17.0. The summed E-state index contributed by atoms with van der Waals surface area (Å²) in [5, 5.41) is 4.18. The standard InChI is InChI=1S/C16H30BrNO/c1-2-3-4-5-6-7-8-9-15(19)18-14-16(10-11-16)12-13-17/h2-14H2,1H3,(H,18,19). The maximum absolute atomic E-state index is 11.7. The quantitative estimate of drug-likeness (QED) is 0.403. The molecule has 0 saturated heterocycles. The van der Waals surface area contributed by atoms with Crippen molar-refractivity contribution < 1.29 is 4.79 Å². The Balaban J connectivity index is 1.91. The van der Waals surface area contributed by atoms with Gasteiger partial charge in [0, 0.05) is 18.3 Å². The van der Waals surface area contributed by atoms with Crippen LogP contribution in [0.4, 0.5) is 0 Å². The Morgan fingerprint density at radius 3 is 2.32 bits per heavy atom. The molecule has 112 valence electrons. The maximum atomic E-state index is 11.7. The molecule has 3 heteroatoms. The van der Waals surface area contributed by atoms with E-state index in [0.29, 0.717) is 5.41 Å². The van der Waals surface area contributed by atoms with Crippen LogP contribution >= 0.6 is 15.9 Å². The van der Waals surface area contributed by atoms with E-state index in [1.165, 1.54) is 57.8 Å². The van der Waals surface area contributed by atoms with Crippen molar-refractivity contribution in [1.82, 2.24) is 5.32 Å². The predicted octanol–water partition coefficient (Wildman–Crippen LogP) is 4.81. The van der Waals surface area contributed by atoms with E-state index in [-0.39, 0.29) is 5.91 Å². The fraction of sp³-hybridized carbons (Fsp3) is 0.938. The van der Waals surface area contributed by atoms with Crippen LogP contribution in [0.5, 0.6) is 0 Å². The van der Waals surface area contributed by atoms with Crippen molar-refractivity contribution in [3.05, 3.63) is 0 Å². The second-order valence-electron chi connectivity index (χ2n) is 6.09. The number of rotatable bonds is 12. The van der Waals surface area contributed by atoms with Gasteiger partial charge in [-0.25, -0.2) is 0 Å². The lowest BCUT2D eigenvalue weighted by atomic mass is 10.0. The van der Waals surface area contributed by atoms with E-state index in [1.807, 2.05) is 0 Å². The second-order valence-corrected chi connectivity index (χ2v) is 6.88. The number of halogens is 1. The average molecular weight is 332 g/mol. The summed E-state index contributed by atoms with van der Waals surface area (Å²) in [5.41, 5.74) is 0.444. The molecule has 0 aromatic rings. The number of carbonyl (C=O) groups is 1. The van der Waals surface area contributed by atoms with E-state index in [2.05, 4.69) is 28.2 Å². The van der Waals surface area contributed by atoms with Crippen molar-refractivity contribution in [3.8, 4) is 0 Å². The van der Waals surface area contributed by atoms with Gasteiger partial charge < -0.3 is 5.32 Å². The molecule has 0 aromatic carbocycles. The topological polar surface area (TPSA) is 29.1 Å². The van der Waals surface area contributed by atoms with Gasteiger partial charge in [-0.15, -0.1) is 0 Å². The molecule has 0 aromatic heterocycles. The van der Waals surface area contributed by atoms with Crippen LogP contribution in [0, 0.1) is 5.41 Å². The zero-order valence-corrected chi connectivity index (χ0v) is 14.1. The number of amides is 1. The zero-order valence-electron chi connectivity index (χ0n) is 12.5. The highest BCUT2D eigenvalue weighted by molar-refractivity contribution is 9.09. The molecule has 0 aliphatic heterocycles. The van der Waals surface area contributed by atoms with Gasteiger partial charge in [0.1, 0.15) is 0 Å². The van der Waals surface area contributed by atoms with E-state index in [4.69, 9.17) is 0 Å². The van der Waals surface area contributed by atoms with Gasteiger partial charge in [0.25, 0.3) is 0 Å².